The van der Waals surface area contributed by atoms with E-state index in [1.165, 1.54) is 0 Å². The van der Waals surface area contributed by atoms with Gasteiger partial charge in [-0.15, -0.1) is 0 Å². The molecule has 2 rings (SSSR count). The SMILES string of the molecule is COCCCNc1nccc(C(=O)NC2CC2)n1. The van der Waals surface area contributed by atoms with Gasteiger partial charge in [0.25, 0.3) is 5.91 Å². The second-order valence-electron chi connectivity index (χ2n) is 4.29. The molecule has 1 aliphatic carbocycles. The number of ether oxygens (including phenoxy) is 1. The lowest BCUT2D eigenvalue weighted by atomic mass is 10.4. The highest BCUT2D eigenvalue weighted by atomic mass is 16.5. The molecule has 1 aliphatic rings. The first-order valence-corrected chi connectivity index (χ1v) is 6.16. The molecule has 0 saturated heterocycles. The number of aromatic nitrogens is 2. The minimum absolute atomic E-state index is 0.125. The van der Waals surface area contributed by atoms with Gasteiger partial charge in [0, 0.05) is 32.5 Å². The molecule has 1 aromatic heterocycles. The zero-order chi connectivity index (χ0) is 12.8. The maximum absolute atomic E-state index is 11.8. The van der Waals surface area contributed by atoms with Gasteiger partial charge in [0.15, 0.2) is 0 Å². The van der Waals surface area contributed by atoms with Crippen LogP contribution in [0.25, 0.3) is 0 Å². The molecule has 2 N–H and O–H groups in total. The number of hydrogen-bond donors (Lipinski definition) is 2. The number of amides is 1. The van der Waals surface area contributed by atoms with Gasteiger partial charge in [-0.05, 0) is 25.3 Å². The third-order valence-electron chi connectivity index (χ3n) is 2.61. The van der Waals surface area contributed by atoms with Gasteiger partial charge in [-0.3, -0.25) is 4.79 Å². The summed E-state index contributed by atoms with van der Waals surface area (Å²) in [5.74, 6) is 0.356. The summed E-state index contributed by atoms with van der Waals surface area (Å²) < 4.78 is 4.95. The zero-order valence-electron chi connectivity index (χ0n) is 10.5. The highest BCUT2D eigenvalue weighted by molar-refractivity contribution is 5.92. The van der Waals surface area contributed by atoms with Crippen LogP contribution in [0.1, 0.15) is 29.8 Å². The Morgan fingerprint density at radius 2 is 2.39 bits per heavy atom. The van der Waals surface area contributed by atoms with Crippen molar-refractivity contribution in [2.75, 3.05) is 25.6 Å². The minimum Gasteiger partial charge on any atom is -0.385 e. The van der Waals surface area contributed by atoms with E-state index in [9.17, 15) is 4.79 Å². The minimum atomic E-state index is -0.125. The number of carbonyl (C=O) groups excluding carboxylic acids is 1. The Kier molecular flexibility index (Phi) is 4.46. The second-order valence-corrected chi connectivity index (χ2v) is 4.29. The predicted octanol–water partition coefficient (Wildman–Crippen LogP) is 0.817. The Labute approximate surface area is 106 Å². The van der Waals surface area contributed by atoms with E-state index in [4.69, 9.17) is 4.74 Å². The molecule has 1 saturated carbocycles. The lowest BCUT2D eigenvalue weighted by molar-refractivity contribution is 0.0946. The van der Waals surface area contributed by atoms with E-state index in [0.29, 0.717) is 24.3 Å². The summed E-state index contributed by atoms with van der Waals surface area (Å²) in [6.07, 6.45) is 4.60. The number of nitrogens with one attached hydrogen (secondary N) is 2. The highest BCUT2D eigenvalue weighted by Crippen LogP contribution is 2.19. The first kappa shape index (κ1) is 12.8. The normalized spacial score (nSPS) is 14.3. The zero-order valence-corrected chi connectivity index (χ0v) is 10.5. The lowest BCUT2D eigenvalue weighted by Crippen LogP contribution is -2.26. The molecule has 0 aromatic carbocycles. The van der Waals surface area contributed by atoms with E-state index in [1.54, 1.807) is 19.4 Å². The fourth-order valence-corrected chi connectivity index (χ4v) is 1.47. The summed E-state index contributed by atoms with van der Waals surface area (Å²) in [5, 5.41) is 5.96. The maximum Gasteiger partial charge on any atom is 0.270 e. The van der Waals surface area contributed by atoms with Crippen LogP contribution in [0.3, 0.4) is 0 Å². The van der Waals surface area contributed by atoms with E-state index in [1.807, 2.05) is 0 Å². The van der Waals surface area contributed by atoms with Gasteiger partial charge >= 0.3 is 0 Å². The van der Waals surface area contributed by atoms with Crippen molar-refractivity contribution in [3.05, 3.63) is 18.0 Å². The molecule has 0 radical (unpaired) electrons. The number of rotatable bonds is 7. The van der Waals surface area contributed by atoms with Crippen molar-refractivity contribution < 1.29 is 9.53 Å². The molecular formula is C12H18N4O2. The van der Waals surface area contributed by atoms with Gasteiger partial charge in [0.1, 0.15) is 5.69 Å². The van der Waals surface area contributed by atoms with E-state index < -0.39 is 0 Å². The number of hydrogen-bond acceptors (Lipinski definition) is 5. The summed E-state index contributed by atoms with van der Waals surface area (Å²) in [5.41, 5.74) is 0.408. The Balaban J connectivity index is 1.85. The lowest BCUT2D eigenvalue weighted by Gasteiger charge is -2.06. The van der Waals surface area contributed by atoms with Crippen molar-refractivity contribution in [2.45, 2.75) is 25.3 Å². The topological polar surface area (TPSA) is 76.1 Å². The van der Waals surface area contributed by atoms with E-state index >= 15 is 0 Å². The van der Waals surface area contributed by atoms with Crippen LogP contribution in [0.15, 0.2) is 12.3 Å². The van der Waals surface area contributed by atoms with Crippen molar-refractivity contribution in [3.63, 3.8) is 0 Å². The Morgan fingerprint density at radius 1 is 1.56 bits per heavy atom. The number of nitrogens with zero attached hydrogens (tertiary/aromatic N) is 2. The van der Waals surface area contributed by atoms with Crippen molar-refractivity contribution >= 4 is 11.9 Å². The molecule has 1 heterocycles. The molecule has 0 aliphatic heterocycles. The largest absolute Gasteiger partial charge is 0.385 e. The molecule has 0 spiro atoms. The Bertz CT molecular complexity index is 407. The average Bonchev–Trinajstić information content (AvgIpc) is 3.19. The molecule has 0 unspecified atom stereocenters. The summed E-state index contributed by atoms with van der Waals surface area (Å²) in [6.45, 7) is 1.41. The molecule has 18 heavy (non-hydrogen) atoms. The molecule has 1 aromatic rings. The van der Waals surface area contributed by atoms with Crippen LogP contribution in [0, 0.1) is 0 Å². The van der Waals surface area contributed by atoms with E-state index in [0.717, 1.165) is 25.8 Å². The van der Waals surface area contributed by atoms with Gasteiger partial charge in [-0.2, -0.15) is 0 Å². The smallest absolute Gasteiger partial charge is 0.270 e. The third kappa shape index (κ3) is 3.96. The molecule has 1 amide bonds. The van der Waals surface area contributed by atoms with Crippen molar-refractivity contribution in [1.29, 1.82) is 0 Å². The summed E-state index contributed by atoms with van der Waals surface area (Å²) >= 11 is 0. The van der Waals surface area contributed by atoms with Crippen LogP contribution in [-0.2, 0) is 4.74 Å². The molecule has 0 atom stereocenters. The van der Waals surface area contributed by atoms with Crippen molar-refractivity contribution in [3.8, 4) is 0 Å². The molecule has 98 valence electrons. The second kappa shape index (κ2) is 6.30. The fraction of sp³-hybridized carbons (Fsp3) is 0.583. The van der Waals surface area contributed by atoms with Crippen LogP contribution in [0.2, 0.25) is 0 Å². The van der Waals surface area contributed by atoms with Gasteiger partial charge in [-0.1, -0.05) is 0 Å². The monoisotopic (exact) mass is 250 g/mol. The quantitative estimate of drug-likeness (QED) is 0.701. The fourth-order valence-electron chi connectivity index (χ4n) is 1.47. The summed E-state index contributed by atoms with van der Waals surface area (Å²) in [7, 11) is 1.67. The van der Waals surface area contributed by atoms with Crippen molar-refractivity contribution in [2.24, 2.45) is 0 Å². The van der Waals surface area contributed by atoms with Crippen LogP contribution in [0.4, 0.5) is 5.95 Å². The number of methoxy groups -OCH3 is 1. The molecule has 1 fully saturated rings. The Morgan fingerprint density at radius 3 is 3.11 bits per heavy atom. The highest BCUT2D eigenvalue weighted by Gasteiger charge is 2.24. The van der Waals surface area contributed by atoms with E-state index in [2.05, 4.69) is 20.6 Å². The Hall–Kier alpha value is -1.69. The average molecular weight is 250 g/mol. The van der Waals surface area contributed by atoms with E-state index in [-0.39, 0.29) is 5.91 Å². The van der Waals surface area contributed by atoms with Crippen LogP contribution < -0.4 is 10.6 Å². The standard InChI is InChI=1S/C12H18N4O2/c1-18-8-2-6-13-12-14-7-5-10(16-12)11(17)15-9-3-4-9/h5,7,9H,2-4,6,8H2,1H3,(H,15,17)(H,13,14,16). The van der Waals surface area contributed by atoms with Crippen molar-refractivity contribution in [1.82, 2.24) is 15.3 Å². The van der Waals surface area contributed by atoms with Crippen LogP contribution >= 0.6 is 0 Å². The first-order chi connectivity index (χ1) is 8.79. The molecule has 6 nitrogen and oxygen atoms in total. The first-order valence-electron chi connectivity index (χ1n) is 6.16. The van der Waals surface area contributed by atoms with Gasteiger partial charge in [-0.25, -0.2) is 9.97 Å². The van der Waals surface area contributed by atoms with Gasteiger partial charge < -0.3 is 15.4 Å². The summed E-state index contributed by atoms with van der Waals surface area (Å²) in [6, 6.07) is 1.96. The summed E-state index contributed by atoms with van der Waals surface area (Å²) in [4.78, 5) is 20.0. The third-order valence-corrected chi connectivity index (χ3v) is 2.61. The molecule has 6 heteroatoms. The number of anilines is 1. The number of carbonyl (C=O) groups is 1. The van der Waals surface area contributed by atoms with Gasteiger partial charge in [0.2, 0.25) is 5.95 Å². The van der Waals surface area contributed by atoms with Crippen LogP contribution in [0.5, 0.6) is 0 Å². The molecule has 0 bridgehead atoms. The van der Waals surface area contributed by atoms with Crippen LogP contribution in [-0.4, -0.2) is 42.2 Å². The molecular weight excluding hydrogens is 232 g/mol. The maximum atomic E-state index is 11.8. The van der Waals surface area contributed by atoms with Gasteiger partial charge in [0.05, 0.1) is 0 Å². The predicted molar refractivity (Wildman–Crippen MR) is 67.5 cm³/mol.